The second-order valence-electron chi connectivity index (χ2n) is 8.50. The summed E-state index contributed by atoms with van der Waals surface area (Å²) < 4.78 is 0. The van der Waals surface area contributed by atoms with Crippen LogP contribution in [0.1, 0.15) is 0 Å². The van der Waals surface area contributed by atoms with Crippen LogP contribution < -0.4 is 10.6 Å². The maximum atomic E-state index is 5.92. The van der Waals surface area contributed by atoms with Crippen LogP contribution in [-0.4, -0.2) is 64.2 Å². The van der Waals surface area contributed by atoms with Gasteiger partial charge in [0.05, 0.1) is 34.7 Å². The molecule has 11 nitrogen and oxygen atoms in total. The van der Waals surface area contributed by atoms with Crippen LogP contribution in [0.4, 0.5) is 5.82 Å². The van der Waals surface area contributed by atoms with E-state index in [1.165, 1.54) is 0 Å². The lowest BCUT2D eigenvalue weighted by atomic mass is 10.1. The Kier molecular flexibility index (Phi) is 4.29. The highest BCUT2D eigenvalue weighted by Crippen LogP contribution is 2.31. The third kappa shape index (κ3) is 3.28. The van der Waals surface area contributed by atoms with Crippen molar-refractivity contribution in [1.82, 2.24) is 45.1 Å². The van der Waals surface area contributed by atoms with E-state index in [1.807, 2.05) is 24.3 Å². The summed E-state index contributed by atoms with van der Waals surface area (Å²) in [5, 5.41) is 8.34. The molecule has 6 aromatic heterocycles. The summed E-state index contributed by atoms with van der Waals surface area (Å²) in [6, 6.07) is 7.93. The third-order valence-corrected chi connectivity index (χ3v) is 6.13. The number of anilines is 1. The van der Waals surface area contributed by atoms with Crippen LogP contribution in [0.3, 0.4) is 0 Å². The minimum atomic E-state index is 0.185. The fraction of sp³-hybridized carbons (Fsp3) is 0.125. The standard InChI is InChI=1S/C24H19N11/c25-15-11-35(12-15)19-10-27-9-18(30-19)14-6-16-21(33-34-23(16)29-8-14)24-31-17-3-5-28-20(22(17)32-24)13-2-1-4-26-7-13/h1-10,15H,11-12,25H2,(H,31,32)(H,29,33,34). The molecule has 0 atom stereocenters. The highest BCUT2D eigenvalue weighted by Gasteiger charge is 2.25. The molecule has 0 spiro atoms. The Morgan fingerprint density at radius 3 is 2.71 bits per heavy atom. The van der Waals surface area contributed by atoms with Crippen molar-refractivity contribution in [1.29, 1.82) is 0 Å². The first-order valence-electron chi connectivity index (χ1n) is 11.2. The van der Waals surface area contributed by atoms with Gasteiger partial charge in [0.2, 0.25) is 0 Å². The Hall–Kier alpha value is -4.77. The largest absolute Gasteiger partial charge is 0.352 e. The molecule has 7 rings (SSSR count). The molecule has 0 bridgehead atoms. The lowest BCUT2D eigenvalue weighted by molar-refractivity contribution is 0.514. The normalized spacial score (nSPS) is 14.0. The molecule has 1 aliphatic rings. The van der Waals surface area contributed by atoms with Crippen LogP contribution in [0.15, 0.2) is 61.4 Å². The zero-order valence-electron chi connectivity index (χ0n) is 18.4. The first kappa shape index (κ1) is 19.7. The number of imidazole rings is 1. The molecule has 0 amide bonds. The number of nitrogens with one attached hydrogen (secondary N) is 2. The van der Waals surface area contributed by atoms with Crippen molar-refractivity contribution in [2.75, 3.05) is 18.0 Å². The molecule has 1 aliphatic heterocycles. The van der Waals surface area contributed by atoms with E-state index in [1.54, 1.807) is 37.2 Å². The quantitative estimate of drug-likeness (QED) is 0.360. The molecule has 0 aromatic carbocycles. The topological polar surface area (TPSA) is 151 Å². The Labute approximate surface area is 198 Å². The summed E-state index contributed by atoms with van der Waals surface area (Å²) in [6.45, 7) is 1.56. The summed E-state index contributed by atoms with van der Waals surface area (Å²) in [4.78, 5) is 32.8. The molecule has 170 valence electrons. The van der Waals surface area contributed by atoms with Gasteiger partial charge in [0, 0.05) is 55.0 Å². The maximum absolute atomic E-state index is 5.92. The number of nitrogens with zero attached hydrogens (tertiary/aromatic N) is 8. The van der Waals surface area contributed by atoms with Gasteiger partial charge in [-0.25, -0.2) is 15.0 Å². The lowest BCUT2D eigenvalue weighted by Crippen LogP contribution is -2.56. The number of aromatic nitrogens is 9. The minimum absolute atomic E-state index is 0.185. The first-order chi connectivity index (χ1) is 17.2. The SMILES string of the molecule is NC1CN(c2cncc(-c3cnc4[nH]nc(-c5nc6c(-c7cccnc7)nccc6[nH]5)c4c3)n2)C1. The monoisotopic (exact) mass is 461 g/mol. The van der Waals surface area contributed by atoms with E-state index in [2.05, 4.69) is 40.0 Å². The predicted octanol–water partition coefficient (Wildman–Crippen LogP) is 2.56. The van der Waals surface area contributed by atoms with E-state index >= 15 is 0 Å². The third-order valence-electron chi connectivity index (χ3n) is 6.13. The van der Waals surface area contributed by atoms with Crippen LogP contribution in [-0.2, 0) is 0 Å². The molecule has 0 aliphatic carbocycles. The number of pyridine rings is 3. The van der Waals surface area contributed by atoms with Crippen LogP contribution >= 0.6 is 0 Å². The van der Waals surface area contributed by atoms with E-state index in [0.29, 0.717) is 17.2 Å². The second-order valence-corrected chi connectivity index (χ2v) is 8.50. The molecular weight excluding hydrogens is 442 g/mol. The number of rotatable bonds is 4. The number of H-pyrrole nitrogens is 2. The highest BCUT2D eigenvalue weighted by atomic mass is 15.3. The maximum Gasteiger partial charge on any atom is 0.159 e. The summed E-state index contributed by atoms with van der Waals surface area (Å²) in [6.07, 6.45) is 10.5. The van der Waals surface area contributed by atoms with Gasteiger partial charge in [-0.2, -0.15) is 5.10 Å². The summed E-state index contributed by atoms with van der Waals surface area (Å²) in [7, 11) is 0. The van der Waals surface area contributed by atoms with Crippen molar-refractivity contribution in [3.8, 4) is 34.0 Å². The van der Waals surface area contributed by atoms with Crippen molar-refractivity contribution in [3.63, 3.8) is 0 Å². The van der Waals surface area contributed by atoms with Gasteiger partial charge in [-0.05, 0) is 24.3 Å². The van der Waals surface area contributed by atoms with Crippen LogP contribution in [0.5, 0.6) is 0 Å². The summed E-state index contributed by atoms with van der Waals surface area (Å²) in [5.41, 5.74) is 12.1. The van der Waals surface area contributed by atoms with Gasteiger partial charge in [-0.15, -0.1) is 0 Å². The van der Waals surface area contributed by atoms with E-state index in [9.17, 15) is 0 Å². The van der Waals surface area contributed by atoms with E-state index in [4.69, 9.17) is 15.7 Å². The number of nitrogens with two attached hydrogens (primary N) is 1. The molecule has 0 saturated carbocycles. The fourth-order valence-electron chi connectivity index (χ4n) is 4.33. The Morgan fingerprint density at radius 2 is 1.86 bits per heavy atom. The van der Waals surface area contributed by atoms with Gasteiger partial charge in [0.15, 0.2) is 11.5 Å². The second kappa shape index (κ2) is 7.64. The number of hydrogen-bond donors (Lipinski definition) is 3. The van der Waals surface area contributed by atoms with Crippen LogP contribution in [0, 0.1) is 0 Å². The molecule has 0 radical (unpaired) electrons. The molecule has 35 heavy (non-hydrogen) atoms. The molecule has 4 N–H and O–H groups in total. The molecule has 6 aromatic rings. The number of fused-ring (bicyclic) bond motifs is 2. The smallest absolute Gasteiger partial charge is 0.159 e. The predicted molar refractivity (Wildman–Crippen MR) is 131 cm³/mol. The van der Waals surface area contributed by atoms with Gasteiger partial charge in [0.25, 0.3) is 0 Å². The molecule has 1 saturated heterocycles. The zero-order valence-corrected chi connectivity index (χ0v) is 18.4. The van der Waals surface area contributed by atoms with Crippen molar-refractivity contribution in [3.05, 3.63) is 61.4 Å². The van der Waals surface area contributed by atoms with Gasteiger partial charge in [0.1, 0.15) is 17.0 Å². The van der Waals surface area contributed by atoms with Gasteiger partial charge >= 0.3 is 0 Å². The van der Waals surface area contributed by atoms with Crippen molar-refractivity contribution in [2.24, 2.45) is 5.73 Å². The van der Waals surface area contributed by atoms with E-state index in [0.717, 1.165) is 57.8 Å². The fourth-order valence-corrected chi connectivity index (χ4v) is 4.33. The average Bonchev–Trinajstić information content (AvgIpc) is 3.51. The number of hydrogen-bond acceptors (Lipinski definition) is 9. The molecule has 1 fully saturated rings. The van der Waals surface area contributed by atoms with Crippen molar-refractivity contribution in [2.45, 2.75) is 6.04 Å². The van der Waals surface area contributed by atoms with Crippen molar-refractivity contribution < 1.29 is 0 Å². The molecular formula is C24H19N11. The average molecular weight is 461 g/mol. The minimum Gasteiger partial charge on any atom is -0.352 e. The van der Waals surface area contributed by atoms with Gasteiger partial charge < -0.3 is 15.6 Å². The number of aromatic amines is 2. The molecule has 11 heteroatoms. The van der Waals surface area contributed by atoms with Gasteiger partial charge in [-0.1, -0.05) is 0 Å². The van der Waals surface area contributed by atoms with E-state index in [-0.39, 0.29) is 6.04 Å². The van der Waals surface area contributed by atoms with Crippen LogP contribution in [0.25, 0.3) is 56.1 Å². The highest BCUT2D eigenvalue weighted by molar-refractivity contribution is 5.96. The Bertz CT molecular complexity index is 1680. The van der Waals surface area contributed by atoms with Gasteiger partial charge in [-0.3, -0.25) is 20.1 Å². The van der Waals surface area contributed by atoms with Crippen LogP contribution in [0.2, 0.25) is 0 Å². The van der Waals surface area contributed by atoms with Crippen molar-refractivity contribution >= 4 is 27.9 Å². The van der Waals surface area contributed by atoms with E-state index < -0.39 is 0 Å². The summed E-state index contributed by atoms with van der Waals surface area (Å²) >= 11 is 0. The lowest BCUT2D eigenvalue weighted by Gasteiger charge is -2.37. The summed E-state index contributed by atoms with van der Waals surface area (Å²) in [5.74, 6) is 1.43. The zero-order chi connectivity index (χ0) is 23.4. The molecule has 0 unspecified atom stereocenters. The first-order valence-corrected chi connectivity index (χ1v) is 11.2. The molecule has 7 heterocycles. The Morgan fingerprint density at radius 1 is 0.914 bits per heavy atom. The Balaban J connectivity index is 1.31.